The standard InChI is InChI=1S/C16H21N3O3.ClH/c17-8-12-5-6-14(22-12)16(21)19-9-11-4-2-1-3-10(11)7-13(19)15(18)20;/h1-4,12-14H,5-9,17H2,(H2,18,20);1H/t12-,13?,14+;/m1./s1. The minimum Gasteiger partial charge on any atom is -0.368 e. The summed E-state index contributed by atoms with van der Waals surface area (Å²) in [6.07, 6.45) is 1.30. The monoisotopic (exact) mass is 339 g/mol. The van der Waals surface area contributed by atoms with E-state index in [1.807, 2.05) is 24.3 Å². The van der Waals surface area contributed by atoms with Gasteiger partial charge in [-0.15, -0.1) is 12.4 Å². The number of fused-ring (bicyclic) bond motifs is 1. The van der Waals surface area contributed by atoms with Crippen molar-refractivity contribution < 1.29 is 14.3 Å². The summed E-state index contributed by atoms with van der Waals surface area (Å²) in [4.78, 5) is 26.1. The molecule has 0 saturated carbocycles. The fourth-order valence-corrected chi connectivity index (χ4v) is 3.25. The van der Waals surface area contributed by atoms with E-state index in [0.29, 0.717) is 25.9 Å². The van der Waals surface area contributed by atoms with Crippen LogP contribution in [0.25, 0.3) is 0 Å². The number of amides is 2. The van der Waals surface area contributed by atoms with Crippen molar-refractivity contribution in [1.82, 2.24) is 4.90 Å². The largest absolute Gasteiger partial charge is 0.368 e. The van der Waals surface area contributed by atoms with E-state index in [4.69, 9.17) is 16.2 Å². The van der Waals surface area contributed by atoms with Gasteiger partial charge in [-0.3, -0.25) is 9.59 Å². The highest BCUT2D eigenvalue weighted by atomic mass is 35.5. The van der Waals surface area contributed by atoms with Crippen LogP contribution in [0.3, 0.4) is 0 Å². The third-order valence-electron chi connectivity index (χ3n) is 4.51. The van der Waals surface area contributed by atoms with Gasteiger partial charge in [-0.1, -0.05) is 24.3 Å². The number of benzene rings is 1. The van der Waals surface area contributed by atoms with E-state index in [9.17, 15) is 9.59 Å². The third-order valence-corrected chi connectivity index (χ3v) is 4.51. The van der Waals surface area contributed by atoms with Crippen molar-refractivity contribution >= 4 is 24.2 Å². The van der Waals surface area contributed by atoms with E-state index in [0.717, 1.165) is 17.5 Å². The first-order valence-electron chi connectivity index (χ1n) is 7.62. The molecular formula is C16H22ClN3O3. The Labute approximate surface area is 141 Å². The molecule has 0 aliphatic carbocycles. The highest BCUT2D eigenvalue weighted by Crippen LogP contribution is 2.27. The van der Waals surface area contributed by atoms with Crippen molar-refractivity contribution in [1.29, 1.82) is 0 Å². The van der Waals surface area contributed by atoms with E-state index in [-0.39, 0.29) is 24.4 Å². The van der Waals surface area contributed by atoms with Crippen molar-refractivity contribution in [3.05, 3.63) is 35.4 Å². The second kappa shape index (κ2) is 7.29. The van der Waals surface area contributed by atoms with Gasteiger partial charge in [-0.2, -0.15) is 0 Å². The average molecular weight is 340 g/mol. The Balaban J connectivity index is 0.00000192. The lowest BCUT2D eigenvalue weighted by Gasteiger charge is -2.36. The van der Waals surface area contributed by atoms with Gasteiger partial charge in [0, 0.05) is 19.5 Å². The molecule has 0 spiro atoms. The van der Waals surface area contributed by atoms with E-state index in [1.165, 1.54) is 0 Å². The average Bonchev–Trinajstić information content (AvgIpc) is 3.02. The van der Waals surface area contributed by atoms with E-state index in [1.54, 1.807) is 4.90 Å². The second-order valence-electron chi connectivity index (χ2n) is 5.92. The molecule has 1 aromatic rings. The first-order chi connectivity index (χ1) is 10.6. The maximum Gasteiger partial charge on any atom is 0.252 e. The van der Waals surface area contributed by atoms with Gasteiger partial charge in [0.2, 0.25) is 5.91 Å². The van der Waals surface area contributed by atoms with Crippen LogP contribution in [0.5, 0.6) is 0 Å². The molecule has 126 valence electrons. The molecule has 1 aromatic carbocycles. The molecule has 0 radical (unpaired) electrons. The Kier molecular flexibility index (Phi) is 5.62. The predicted octanol–water partition coefficient (Wildman–Crippen LogP) is 0.353. The summed E-state index contributed by atoms with van der Waals surface area (Å²) in [5.41, 5.74) is 13.2. The molecule has 1 saturated heterocycles. The molecule has 1 fully saturated rings. The smallest absolute Gasteiger partial charge is 0.252 e. The summed E-state index contributed by atoms with van der Waals surface area (Å²) in [5.74, 6) is -0.634. The zero-order chi connectivity index (χ0) is 15.7. The molecule has 2 aliphatic heterocycles. The summed E-state index contributed by atoms with van der Waals surface area (Å²) < 4.78 is 5.67. The number of rotatable bonds is 3. The zero-order valence-electron chi connectivity index (χ0n) is 12.8. The Hall–Kier alpha value is -1.63. The van der Waals surface area contributed by atoms with Crippen LogP contribution in [0.2, 0.25) is 0 Å². The molecule has 2 aliphatic rings. The van der Waals surface area contributed by atoms with Gasteiger partial charge in [0.25, 0.3) is 5.91 Å². The lowest BCUT2D eigenvalue weighted by molar-refractivity contribution is -0.150. The van der Waals surface area contributed by atoms with Crippen molar-refractivity contribution in [2.45, 2.75) is 44.1 Å². The number of ether oxygens (including phenoxy) is 1. The molecule has 6 nitrogen and oxygen atoms in total. The molecule has 2 heterocycles. The summed E-state index contributed by atoms with van der Waals surface area (Å²) in [6.45, 7) is 0.807. The quantitative estimate of drug-likeness (QED) is 0.830. The van der Waals surface area contributed by atoms with Crippen LogP contribution in [0.15, 0.2) is 24.3 Å². The molecule has 4 N–H and O–H groups in total. The van der Waals surface area contributed by atoms with Gasteiger partial charge in [0.15, 0.2) is 0 Å². The summed E-state index contributed by atoms with van der Waals surface area (Å²) >= 11 is 0. The Morgan fingerprint density at radius 2 is 1.91 bits per heavy atom. The maximum atomic E-state index is 12.7. The number of halogens is 1. The lowest BCUT2D eigenvalue weighted by atomic mass is 9.93. The Bertz CT molecular complexity index is 596. The molecule has 0 aromatic heterocycles. The van der Waals surface area contributed by atoms with Crippen LogP contribution in [-0.2, 0) is 27.3 Å². The third kappa shape index (κ3) is 3.49. The van der Waals surface area contributed by atoms with Gasteiger partial charge >= 0.3 is 0 Å². The molecule has 2 amide bonds. The van der Waals surface area contributed by atoms with Gasteiger partial charge < -0.3 is 21.1 Å². The fraction of sp³-hybridized carbons (Fsp3) is 0.500. The van der Waals surface area contributed by atoms with Crippen molar-refractivity contribution in [3.63, 3.8) is 0 Å². The van der Waals surface area contributed by atoms with Crippen molar-refractivity contribution in [2.75, 3.05) is 6.54 Å². The fourth-order valence-electron chi connectivity index (χ4n) is 3.25. The van der Waals surface area contributed by atoms with Crippen LogP contribution < -0.4 is 11.5 Å². The van der Waals surface area contributed by atoms with Crippen LogP contribution in [0.1, 0.15) is 24.0 Å². The van der Waals surface area contributed by atoms with Crippen molar-refractivity contribution in [3.8, 4) is 0 Å². The number of primary amides is 1. The molecule has 0 bridgehead atoms. The van der Waals surface area contributed by atoms with Crippen LogP contribution in [-0.4, -0.2) is 41.5 Å². The van der Waals surface area contributed by atoms with Gasteiger partial charge in [0.1, 0.15) is 12.1 Å². The van der Waals surface area contributed by atoms with Crippen LogP contribution >= 0.6 is 12.4 Å². The normalized spacial score (nSPS) is 26.3. The van der Waals surface area contributed by atoms with E-state index >= 15 is 0 Å². The first kappa shape index (κ1) is 17.7. The molecule has 23 heavy (non-hydrogen) atoms. The first-order valence-corrected chi connectivity index (χ1v) is 7.62. The number of hydrogen-bond donors (Lipinski definition) is 2. The predicted molar refractivity (Wildman–Crippen MR) is 87.9 cm³/mol. The second-order valence-corrected chi connectivity index (χ2v) is 5.92. The van der Waals surface area contributed by atoms with Crippen LogP contribution in [0, 0.1) is 0 Å². The number of carbonyl (C=O) groups is 2. The minimum absolute atomic E-state index is 0. The Morgan fingerprint density at radius 1 is 1.22 bits per heavy atom. The zero-order valence-corrected chi connectivity index (χ0v) is 13.6. The SMILES string of the molecule is Cl.NC[C@H]1CC[C@@H](C(=O)N2Cc3ccccc3CC2C(N)=O)O1. The van der Waals surface area contributed by atoms with Gasteiger partial charge in [0.05, 0.1) is 6.10 Å². The summed E-state index contributed by atoms with van der Waals surface area (Å²) in [6, 6.07) is 7.21. The van der Waals surface area contributed by atoms with Crippen molar-refractivity contribution in [2.24, 2.45) is 11.5 Å². The molecule has 3 atom stereocenters. The summed E-state index contributed by atoms with van der Waals surface area (Å²) in [7, 11) is 0. The molecule has 1 unspecified atom stereocenters. The number of nitrogens with two attached hydrogens (primary N) is 2. The van der Waals surface area contributed by atoms with Gasteiger partial charge in [-0.05, 0) is 24.0 Å². The topological polar surface area (TPSA) is 98.7 Å². The van der Waals surface area contributed by atoms with E-state index < -0.39 is 18.1 Å². The van der Waals surface area contributed by atoms with Crippen LogP contribution in [0.4, 0.5) is 0 Å². The molecule has 7 heteroatoms. The highest BCUT2D eigenvalue weighted by molar-refractivity contribution is 5.89. The van der Waals surface area contributed by atoms with E-state index in [2.05, 4.69) is 0 Å². The number of carbonyl (C=O) groups excluding carboxylic acids is 2. The summed E-state index contributed by atoms with van der Waals surface area (Å²) in [5, 5.41) is 0. The van der Waals surface area contributed by atoms with Gasteiger partial charge in [-0.25, -0.2) is 0 Å². The highest BCUT2D eigenvalue weighted by Gasteiger charge is 2.39. The number of hydrogen-bond acceptors (Lipinski definition) is 4. The Morgan fingerprint density at radius 3 is 2.52 bits per heavy atom. The molecule has 3 rings (SSSR count). The number of nitrogens with zero attached hydrogens (tertiary/aromatic N) is 1. The lowest BCUT2D eigenvalue weighted by Crippen LogP contribution is -2.53. The molecular weight excluding hydrogens is 318 g/mol. The minimum atomic E-state index is -0.608. The maximum absolute atomic E-state index is 12.7.